The third-order valence-corrected chi connectivity index (χ3v) is 5.64. The van der Waals surface area contributed by atoms with Crippen LogP contribution in [0.4, 0.5) is 24.5 Å². The minimum Gasteiger partial charge on any atom is -0.453 e. The third kappa shape index (κ3) is 3.05. The molecule has 27 heavy (non-hydrogen) atoms. The van der Waals surface area contributed by atoms with Gasteiger partial charge in [0.15, 0.2) is 5.58 Å². The van der Waals surface area contributed by atoms with E-state index in [1.165, 1.54) is 6.07 Å². The molecule has 0 unspecified atom stereocenters. The summed E-state index contributed by atoms with van der Waals surface area (Å²) in [5.41, 5.74) is 2.43. The quantitative estimate of drug-likeness (QED) is 0.221. The summed E-state index contributed by atoms with van der Waals surface area (Å²) in [5, 5.41) is 1.14. The highest BCUT2D eigenvalue weighted by Crippen LogP contribution is 2.43. The molecule has 1 heterocycles. The number of alkyl halides is 3. The van der Waals surface area contributed by atoms with E-state index in [0.29, 0.717) is 16.4 Å². The first kappa shape index (κ1) is 18.2. The van der Waals surface area contributed by atoms with Gasteiger partial charge in [-0.05, 0) is 30.2 Å². The van der Waals surface area contributed by atoms with Gasteiger partial charge in [0.1, 0.15) is 5.58 Å². The lowest BCUT2D eigenvalue weighted by molar-refractivity contribution is -0.136. The van der Waals surface area contributed by atoms with Crippen molar-refractivity contribution < 1.29 is 17.6 Å². The number of fused-ring (bicyclic) bond motifs is 3. The van der Waals surface area contributed by atoms with Crippen LogP contribution in [-0.4, -0.2) is 0 Å². The molecule has 0 atom stereocenters. The van der Waals surface area contributed by atoms with E-state index < -0.39 is 11.7 Å². The summed E-state index contributed by atoms with van der Waals surface area (Å²) in [6.07, 6.45) is -3.61. The van der Waals surface area contributed by atoms with Gasteiger partial charge in [-0.2, -0.15) is 13.2 Å². The van der Waals surface area contributed by atoms with E-state index in [1.54, 1.807) is 12.1 Å². The van der Waals surface area contributed by atoms with E-state index in [-0.39, 0.29) is 5.58 Å². The second-order valence-corrected chi connectivity index (χ2v) is 7.16. The van der Waals surface area contributed by atoms with Crippen LogP contribution in [0.2, 0.25) is 0 Å². The van der Waals surface area contributed by atoms with E-state index in [2.05, 4.69) is 29.8 Å². The lowest BCUT2D eigenvalue weighted by atomic mass is 10.1. The molecule has 3 aromatic carbocycles. The monoisotopic (exact) mass is 481 g/mol. The second kappa shape index (κ2) is 6.74. The normalized spacial score (nSPS) is 12.0. The number of para-hydroxylation sites is 3. The van der Waals surface area contributed by atoms with Crippen molar-refractivity contribution in [3.8, 4) is 0 Å². The van der Waals surface area contributed by atoms with E-state index in [0.717, 1.165) is 29.4 Å². The van der Waals surface area contributed by atoms with Gasteiger partial charge in [0.2, 0.25) is 0 Å². The maximum atomic E-state index is 13.4. The molecule has 0 fully saturated rings. The predicted octanol–water partition coefficient (Wildman–Crippen LogP) is 7.66. The second-order valence-electron chi connectivity index (χ2n) is 6.20. The van der Waals surface area contributed by atoms with Crippen molar-refractivity contribution in [1.82, 2.24) is 0 Å². The molecule has 0 radical (unpaired) electrons. The van der Waals surface area contributed by atoms with Crippen molar-refractivity contribution in [3.05, 3.63) is 71.8 Å². The minimum absolute atomic E-state index is 0.124. The summed E-state index contributed by atoms with van der Waals surface area (Å²) in [7, 11) is 0. The largest absolute Gasteiger partial charge is 0.453 e. The highest BCUT2D eigenvalue weighted by molar-refractivity contribution is 14.1. The lowest BCUT2D eigenvalue weighted by Crippen LogP contribution is -2.04. The molecule has 0 N–H and O–H groups in total. The van der Waals surface area contributed by atoms with Crippen molar-refractivity contribution >= 4 is 56.2 Å². The molecule has 0 aliphatic rings. The highest BCUT2D eigenvalue weighted by atomic mass is 127. The number of aryl methyl sites for hydroxylation is 1. The first-order chi connectivity index (χ1) is 12.9. The average Bonchev–Trinajstić information content (AvgIpc) is 3.05. The van der Waals surface area contributed by atoms with Gasteiger partial charge in [0, 0.05) is 10.8 Å². The SMILES string of the molecule is CCc1ccccc1N(I)c1cccc2c1oc1c(C(F)(F)F)cccc12. The van der Waals surface area contributed by atoms with Crippen LogP contribution in [0, 0.1) is 0 Å². The average molecular weight is 481 g/mol. The maximum absolute atomic E-state index is 13.4. The van der Waals surface area contributed by atoms with Gasteiger partial charge in [-0.15, -0.1) is 0 Å². The van der Waals surface area contributed by atoms with Gasteiger partial charge in [-0.1, -0.05) is 49.4 Å². The summed E-state index contributed by atoms with van der Waals surface area (Å²) in [6.45, 7) is 2.07. The van der Waals surface area contributed by atoms with Crippen molar-refractivity contribution in [1.29, 1.82) is 0 Å². The van der Waals surface area contributed by atoms with Crippen molar-refractivity contribution in [2.75, 3.05) is 3.11 Å². The van der Waals surface area contributed by atoms with Crippen LogP contribution in [-0.2, 0) is 12.6 Å². The third-order valence-electron chi connectivity index (χ3n) is 4.60. The molecule has 6 heteroatoms. The van der Waals surface area contributed by atoms with Gasteiger partial charge < -0.3 is 4.42 Å². The maximum Gasteiger partial charge on any atom is 0.420 e. The number of anilines is 2. The van der Waals surface area contributed by atoms with Gasteiger partial charge in [-0.25, -0.2) is 0 Å². The minimum atomic E-state index is -4.47. The fourth-order valence-corrected chi connectivity index (χ4v) is 4.16. The Labute approximate surface area is 168 Å². The van der Waals surface area contributed by atoms with Crippen LogP contribution in [0.15, 0.2) is 65.1 Å². The zero-order valence-corrected chi connectivity index (χ0v) is 16.5. The van der Waals surface area contributed by atoms with E-state index >= 15 is 0 Å². The first-order valence-electron chi connectivity index (χ1n) is 8.47. The number of hydrogen-bond donors (Lipinski definition) is 0. The molecule has 1 aromatic heterocycles. The number of furan rings is 1. The van der Waals surface area contributed by atoms with Crippen molar-refractivity contribution in [2.45, 2.75) is 19.5 Å². The fraction of sp³-hybridized carbons (Fsp3) is 0.143. The summed E-state index contributed by atoms with van der Waals surface area (Å²) in [6, 6.07) is 17.6. The number of benzene rings is 3. The molecular formula is C21H15F3INO. The molecule has 0 aliphatic carbocycles. The topological polar surface area (TPSA) is 16.4 Å². The summed E-state index contributed by atoms with van der Waals surface area (Å²) >= 11 is 2.17. The molecule has 0 aliphatic heterocycles. The van der Waals surface area contributed by atoms with Gasteiger partial charge in [0.05, 0.1) is 39.8 Å². The molecule has 0 saturated carbocycles. The lowest BCUT2D eigenvalue weighted by Gasteiger charge is -2.20. The van der Waals surface area contributed by atoms with Gasteiger partial charge >= 0.3 is 6.18 Å². The van der Waals surface area contributed by atoms with Gasteiger partial charge in [0.25, 0.3) is 0 Å². The molecule has 0 bridgehead atoms. The number of rotatable bonds is 3. The van der Waals surface area contributed by atoms with Crippen LogP contribution in [0.3, 0.4) is 0 Å². The fourth-order valence-electron chi connectivity index (χ4n) is 3.31. The molecular weight excluding hydrogens is 466 g/mol. The van der Waals surface area contributed by atoms with E-state index in [1.807, 2.05) is 39.5 Å². The smallest absolute Gasteiger partial charge is 0.420 e. The molecule has 138 valence electrons. The Bertz CT molecular complexity index is 1130. The van der Waals surface area contributed by atoms with Gasteiger partial charge in [-0.3, -0.25) is 3.11 Å². The highest BCUT2D eigenvalue weighted by Gasteiger charge is 2.34. The van der Waals surface area contributed by atoms with Crippen LogP contribution in [0.5, 0.6) is 0 Å². The molecule has 0 spiro atoms. The number of halogens is 4. The molecule has 2 nitrogen and oxygen atoms in total. The standard InChI is InChI=1S/C21H15F3INO/c1-2-13-7-3-4-11-17(13)26(25)18-12-6-9-15-14-8-5-10-16(21(22,23)24)19(14)27-20(15)18/h3-12H,2H2,1H3. The van der Waals surface area contributed by atoms with Crippen molar-refractivity contribution in [3.63, 3.8) is 0 Å². The van der Waals surface area contributed by atoms with Crippen LogP contribution in [0.25, 0.3) is 21.9 Å². The van der Waals surface area contributed by atoms with E-state index in [4.69, 9.17) is 4.42 Å². The Kier molecular flexibility index (Phi) is 4.53. The Balaban J connectivity index is 1.98. The molecule has 0 saturated heterocycles. The molecule has 0 amide bonds. The zero-order chi connectivity index (χ0) is 19.2. The Morgan fingerprint density at radius 3 is 2.19 bits per heavy atom. The van der Waals surface area contributed by atoms with Crippen LogP contribution < -0.4 is 3.11 Å². The zero-order valence-electron chi connectivity index (χ0n) is 14.3. The van der Waals surface area contributed by atoms with Crippen LogP contribution in [0.1, 0.15) is 18.1 Å². The first-order valence-corrected chi connectivity index (χ1v) is 9.43. The van der Waals surface area contributed by atoms with E-state index in [9.17, 15) is 13.2 Å². The predicted molar refractivity (Wildman–Crippen MR) is 111 cm³/mol. The Hall–Kier alpha value is -2.22. The molecule has 4 aromatic rings. The molecule has 4 rings (SSSR count). The summed E-state index contributed by atoms with van der Waals surface area (Å²) in [4.78, 5) is 0. The van der Waals surface area contributed by atoms with Crippen LogP contribution >= 0.6 is 22.9 Å². The Morgan fingerprint density at radius 1 is 0.852 bits per heavy atom. The van der Waals surface area contributed by atoms with Crippen molar-refractivity contribution in [2.24, 2.45) is 0 Å². The summed E-state index contributed by atoms with van der Waals surface area (Å²) < 4.78 is 47.9. The Morgan fingerprint density at radius 2 is 1.48 bits per heavy atom. The number of hydrogen-bond acceptors (Lipinski definition) is 2. The summed E-state index contributed by atoms with van der Waals surface area (Å²) in [5.74, 6) is 0. The number of nitrogens with zero attached hydrogens (tertiary/aromatic N) is 1.